The first-order valence-electron chi connectivity index (χ1n) is 6.87. The number of nitrogens with two attached hydrogens (primary N) is 1. The molecule has 0 aromatic carbocycles. The molecule has 2 rings (SSSR count). The highest BCUT2D eigenvalue weighted by atomic mass is 15.3. The van der Waals surface area contributed by atoms with Crippen molar-refractivity contribution in [3.63, 3.8) is 0 Å². The number of hydrogen-bond acceptors (Lipinski definition) is 4. The highest BCUT2D eigenvalue weighted by Gasteiger charge is 2.42. The molecule has 2 unspecified atom stereocenters. The Kier molecular flexibility index (Phi) is 4.08. The fourth-order valence-corrected chi connectivity index (χ4v) is 3.50. The molecule has 4 nitrogen and oxygen atoms in total. The van der Waals surface area contributed by atoms with Crippen molar-refractivity contribution in [2.45, 2.75) is 30.8 Å². The zero-order valence-electron chi connectivity index (χ0n) is 11.7. The minimum Gasteiger partial charge on any atom is -0.329 e. The summed E-state index contributed by atoms with van der Waals surface area (Å²) in [5, 5.41) is 0. The molecule has 2 atom stereocenters. The van der Waals surface area contributed by atoms with E-state index in [1.165, 1.54) is 38.9 Å². The lowest BCUT2D eigenvalue weighted by molar-refractivity contribution is 0.0442. The van der Waals surface area contributed by atoms with Gasteiger partial charge in [-0.2, -0.15) is 0 Å². The average molecular weight is 240 g/mol. The lowest BCUT2D eigenvalue weighted by atomic mass is 9.92. The fourth-order valence-electron chi connectivity index (χ4n) is 3.50. The van der Waals surface area contributed by atoms with Crippen LogP contribution in [-0.2, 0) is 0 Å². The summed E-state index contributed by atoms with van der Waals surface area (Å²) in [6.45, 7) is 5.54. The van der Waals surface area contributed by atoms with Crippen LogP contribution in [0.2, 0.25) is 0 Å². The van der Waals surface area contributed by atoms with Gasteiger partial charge in [0.15, 0.2) is 0 Å². The van der Waals surface area contributed by atoms with Crippen LogP contribution in [0.3, 0.4) is 0 Å². The van der Waals surface area contributed by atoms with E-state index in [1.54, 1.807) is 0 Å². The molecule has 0 radical (unpaired) electrons. The Labute approximate surface area is 106 Å². The summed E-state index contributed by atoms with van der Waals surface area (Å²) in [5.74, 6) is 0. The SMILES string of the molecule is CN1CCCC(N(C)C2(CN)CCN(C)C2)C1. The summed E-state index contributed by atoms with van der Waals surface area (Å²) in [4.78, 5) is 7.45. The largest absolute Gasteiger partial charge is 0.329 e. The molecule has 100 valence electrons. The van der Waals surface area contributed by atoms with Crippen LogP contribution in [0.4, 0.5) is 0 Å². The van der Waals surface area contributed by atoms with Gasteiger partial charge in [0, 0.05) is 31.2 Å². The van der Waals surface area contributed by atoms with Crippen molar-refractivity contribution >= 4 is 0 Å². The third kappa shape index (κ3) is 2.65. The lowest BCUT2D eigenvalue weighted by Crippen LogP contribution is -2.60. The fraction of sp³-hybridized carbons (Fsp3) is 1.00. The summed E-state index contributed by atoms with van der Waals surface area (Å²) in [5.41, 5.74) is 6.31. The van der Waals surface area contributed by atoms with Crippen molar-refractivity contribution in [3.8, 4) is 0 Å². The van der Waals surface area contributed by atoms with Gasteiger partial charge in [0.1, 0.15) is 0 Å². The first-order valence-corrected chi connectivity index (χ1v) is 6.87. The number of rotatable bonds is 3. The van der Waals surface area contributed by atoms with Crippen molar-refractivity contribution in [3.05, 3.63) is 0 Å². The Morgan fingerprint density at radius 2 is 2.06 bits per heavy atom. The van der Waals surface area contributed by atoms with Crippen LogP contribution in [0.5, 0.6) is 0 Å². The zero-order chi connectivity index (χ0) is 12.5. The quantitative estimate of drug-likeness (QED) is 0.756. The van der Waals surface area contributed by atoms with Gasteiger partial charge in [-0.15, -0.1) is 0 Å². The van der Waals surface area contributed by atoms with E-state index in [0.29, 0.717) is 6.04 Å². The molecule has 0 saturated carbocycles. The Morgan fingerprint density at radius 1 is 1.29 bits per heavy atom. The second kappa shape index (κ2) is 5.22. The normalized spacial score (nSPS) is 36.9. The summed E-state index contributed by atoms with van der Waals surface area (Å²) >= 11 is 0. The number of piperidine rings is 1. The second-order valence-corrected chi connectivity index (χ2v) is 6.09. The molecule has 2 N–H and O–H groups in total. The molecule has 2 fully saturated rings. The van der Waals surface area contributed by atoms with Crippen LogP contribution in [0.15, 0.2) is 0 Å². The predicted octanol–water partition coefficient (Wildman–Crippen LogP) is 0.0454. The van der Waals surface area contributed by atoms with Crippen molar-refractivity contribution in [2.75, 3.05) is 53.9 Å². The summed E-state index contributed by atoms with van der Waals surface area (Å²) in [6, 6.07) is 0.684. The summed E-state index contributed by atoms with van der Waals surface area (Å²) < 4.78 is 0. The lowest BCUT2D eigenvalue weighted by Gasteiger charge is -2.45. The first kappa shape index (κ1) is 13.3. The third-order valence-electron chi connectivity index (χ3n) is 4.80. The van der Waals surface area contributed by atoms with Gasteiger partial charge >= 0.3 is 0 Å². The second-order valence-electron chi connectivity index (χ2n) is 6.09. The van der Waals surface area contributed by atoms with E-state index in [4.69, 9.17) is 5.73 Å². The monoisotopic (exact) mass is 240 g/mol. The van der Waals surface area contributed by atoms with Crippen LogP contribution < -0.4 is 5.73 Å². The van der Waals surface area contributed by atoms with Gasteiger partial charge in [-0.25, -0.2) is 0 Å². The number of likely N-dealkylation sites (tertiary alicyclic amines) is 2. The Bertz CT molecular complexity index is 258. The molecule has 0 spiro atoms. The molecule has 0 aromatic rings. The minimum atomic E-state index is 0.220. The topological polar surface area (TPSA) is 35.7 Å². The van der Waals surface area contributed by atoms with Gasteiger partial charge < -0.3 is 15.5 Å². The van der Waals surface area contributed by atoms with Crippen LogP contribution in [-0.4, -0.2) is 80.1 Å². The molecular weight excluding hydrogens is 212 g/mol. The van der Waals surface area contributed by atoms with Crippen molar-refractivity contribution in [2.24, 2.45) is 5.73 Å². The summed E-state index contributed by atoms with van der Waals surface area (Å²) in [7, 11) is 6.73. The maximum Gasteiger partial charge on any atom is 0.0470 e. The Balaban J connectivity index is 2.04. The molecule has 0 amide bonds. The van der Waals surface area contributed by atoms with Gasteiger partial charge in [-0.1, -0.05) is 0 Å². The van der Waals surface area contributed by atoms with Crippen molar-refractivity contribution in [1.82, 2.24) is 14.7 Å². The van der Waals surface area contributed by atoms with E-state index in [1.807, 2.05) is 0 Å². The molecule has 17 heavy (non-hydrogen) atoms. The van der Waals surface area contributed by atoms with E-state index < -0.39 is 0 Å². The van der Waals surface area contributed by atoms with Crippen LogP contribution >= 0.6 is 0 Å². The maximum atomic E-state index is 6.09. The van der Waals surface area contributed by atoms with Gasteiger partial charge in [-0.3, -0.25) is 4.90 Å². The predicted molar refractivity (Wildman–Crippen MR) is 72.2 cm³/mol. The van der Waals surface area contributed by atoms with Gasteiger partial charge in [0.25, 0.3) is 0 Å². The molecule has 2 heterocycles. The smallest absolute Gasteiger partial charge is 0.0470 e. The molecule has 4 heteroatoms. The summed E-state index contributed by atoms with van der Waals surface area (Å²) in [6.07, 6.45) is 3.87. The van der Waals surface area contributed by atoms with Gasteiger partial charge in [0.05, 0.1) is 0 Å². The highest BCUT2D eigenvalue weighted by molar-refractivity contribution is 5.01. The molecule has 0 bridgehead atoms. The molecule has 0 aliphatic carbocycles. The number of hydrogen-bond donors (Lipinski definition) is 1. The van der Waals surface area contributed by atoms with Crippen molar-refractivity contribution in [1.29, 1.82) is 0 Å². The van der Waals surface area contributed by atoms with E-state index in [2.05, 4.69) is 35.8 Å². The third-order valence-corrected chi connectivity index (χ3v) is 4.80. The van der Waals surface area contributed by atoms with E-state index in [9.17, 15) is 0 Å². The maximum absolute atomic E-state index is 6.09. The van der Waals surface area contributed by atoms with Crippen molar-refractivity contribution < 1.29 is 0 Å². The molecular formula is C13H28N4. The van der Waals surface area contributed by atoms with E-state index in [0.717, 1.165) is 13.1 Å². The minimum absolute atomic E-state index is 0.220. The number of nitrogens with zero attached hydrogens (tertiary/aromatic N) is 3. The Morgan fingerprint density at radius 3 is 2.59 bits per heavy atom. The van der Waals surface area contributed by atoms with Crippen LogP contribution in [0, 0.1) is 0 Å². The molecule has 2 aliphatic rings. The molecule has 0 aromatic heterocycles. The Hall–Kier alpha value is -0.160. The first-order chi connectivity index (χ1) is 8.07. The molecule has 2 aliphatic heterocycles. The number of likely N-dealkylation sites (N-methyl/N-ethyl adjacent to an activating group) is 3. The van der Waals surface area contributed by atoms with Crippen LogP contribution in [0.25, 0.3) is 0 Å². The highest BCUT2D eigenvalue weighted by Crippen LogP contribution is 2.29. The zero-order valence-corrected chi connectivity index (χ0v) is 11.7. The van der Waals surface area contributed by atoms with E-state index in [-0.39, 0.29) is 5.54 Å². The van der Waals surface area contributed by atoms with E-state index >= 15 is 0 Å². The molecule has 2 saturated heterocycles. The van der Waals surface area contributed by atoms with Gasteiger partial charge in [0.2, 0.25) is 0 Å². The average Bonchev–Trinajstić information content (AvgIpc) is 2.71. The van der Waals surface area contributed by atoms with Gasteiger partial charge in [-0.05, 0) is 53.5 Å². The van der Waals surface area contributed by atoms with Crippen LogP contribution in [0.1, 0.15) is 19.3 Å². The standard InChI is InChI=1S/C13H28N4/c1-15-7-4-5-12(9-15)17(3)13(10-14)6-8-16(2)11-13/h12H,4-11,14H2,1-3H3.